The third-order valence-corrected chi connectivity index (χ3v) is 5.00. The molecule has 6 nitrogen and oxygen atoms in total. The summed E-state index contributed by atoms with van der Waals surface area (Å²) in [5.74, 6) is -0.688. The van der Waals surface area contributed by atoms with Gasteiger partial charge >= 0.3 is 0 Å². The van der Waals surface area contributed by atoms with Crippen molar-refractivity contribution in [2.24, 2.45) is 10.3 Å². The monoisotopic (exact) mass is 368 g/mol. The van der Waals surface area contributed by atoms with Crippen molar-refractivity contribution in [3.63, 3.8) is 0 Å². The molecule has 0 unspecified atom stereocenters. The molecule has 0 N–H and O–H groups in total. The standard InChI is InChI=1S/C19H17ClN4O2/c1-11-6-7-12(2)13(8-11)10-23-17-16(21-22-23)18(25)24(19(17)26)15-5-3-4-14(20)9-15/h3-9,16-17H,10H2,1-2H3/t16-,17+/m1/s1. The molecule has 0 spiro atoms. The van der Waals surface area contributed by atoms with Gasteiger partial charge in [0.05, 0.1) is 12.2 Å². The van der Waals surface area contributed by atoms with E-state index in [0.717, 1.165) is 21.6 Å². The van der Waals surface area contributed by atoms with E-state index in [1.807, 2.05) is 26.0 Å². The number of amides is 2. The molecule has 2 atom stereocenters. The lowest BCUT2D eigenvalue weighted by atomic mass is 10.0. The number of rotatable bonds is 3. The molecule has 2 amide bonds. The topological polar surface area (TPSA) is 65.3 Å². The zero-order valence-corrected chi connectivity index (χ0v) is 15.1. The van der Waals surface area contributed by atoms with E-state index in [0.29, 0.717) is 17.3 Å². The van der Waals surface area contributed by atoms with Crippen LogP contribution in [-0.4, -0.2) is 28.9 Å². The lowest BCUT2D eigenvalue weighted by molar-refractivity contribution is -0.123. The minimum atomic E-state index is -0.799. The fourth-order valence-corrected chi connectivity index (χ4v) is 3.55. The number of benzene rings is 2. The van der Waals surface area contributed by atoms with Gasteiger partial charge in [0.2, 0.25) is 0 Å². The van der Waals surface area contributed by atoms with Gasteiger partial charge in [-0.15, -0.1) is 0 Å². The number of nitrogens with zero attached hydrogens (tertiary/aromatic N) is 4. The summed E-state index contributed by atoms with van der Waals surface area (Å²) in [6.07, 6.45) is 0. The van der Waals surface area contributed by atoms with Crippen molar-refractivity contribution in [1.82, 2.24) is 5.01 Å². The van der Waals surface area contributed by atoms with E-state index < -0.39 is 12.1 Å². The average Bonchev–Trinajstić information content (AvgIpc) is 3.12. The smallest absolute Gasteiger partial charge is 0.263 e. The number of hydrogen-bond donors (Lipinski definition) is 0. The first-order valence-electron chi connectivity index (χ1n) is 8.32. The summed E-state index contributed by atoms with van der Waals surface area (Å²) in [6, 6.07) is 11.3. The number of carbonyl (C=O) groups is 2. The van der Waals surface area contributed by atoms with Crippen LogP contribution in [0.5, 0.6) is 0 Å². The maximum absolute atomic E-state index is 13.0. The van der Waals surface area contributed by atoms with Crippen molar-refractivity contribution in [2.75, 3.05) is 4.90 Å². The van der Waals surface area contributed by atoms with E-state index in [2.05, 4.69) is 16.4 Å². The number of carbonyl (C=O) groups excluding carboxylic acids is 2. The number of halogens is 1. The minimum absolute atomic E-state index is 0.322. The molecule has 0 bridgehead atoms. The van der Waals surface area contributed by atoms with Crippen molar-refractivity contribution in [2.45, 2.75) is 32.5 Å². The predicted molar refractivity (Wildman–Crippen MR) is 97.8 cm³/mol. The Hall–Kier alpha value is -2.73. The van der Waals surface area contributed by atoms with Crippen LogP contribution in [-0.2, 0) is 16.1 Å². The van der Waals surface area contributed by atoms with Gasteiger partial charge in [0.1, 0.15) is 0 Å². The normalized spacial score (nSPS) is 21.7. The Morgan fingerprint density at radius 1 is 1.08 bits per heavy atom. The fourth-order valence-electron chi connectivity index (χ4n) is 3.37. The zero-order chi connectivity index (χ0) is 18.4. The first kappa shape index (κ1) is 16.7. The van der Waals surface area contributed by atoms with Crippen molar-refractivity contribution in [3.8, 4) is 0 Å². The zero-order valence-electron chi connectivity index (χ0n) is 14.4. The second-order valence-electron chi connectivity index (χ2n) is 6.61. The molecule has 26 heavy (non-hydrogen) atoms. The van der Waals surface area contributed by atoms with Gasteiger partial charge in [0.15, 0.2) is 12.1 Å². The molecule has 0 aliphatic carbocycles. The SMILES string of the molecule is Cc1ccc(C)c(CN2N=N[C@H]3C(=O)N(c4cccc(Cl)c4)C(=O)[C@H]32)c1. The quantitative estimate of drug-likeness (QED) is 0.779. The van der Waals surface area contributed by atoms with Crippen LogP contribution in [0.4, 0.5) is 5.69 Å². The number of imide groups is 1. The van der Waals surface area contributed by atoms with Gasteiger partial charge in [-0.2, -0.15) is 5.11 Å². The summed E-state index contributed by atoms with van der Waals surface area (Å²) in [4.78, 5) is 26.8. The molecule has 0 radical (unpaired) electrons. The summed E-state index contributed by atoms with van der Waals surface area (Å²) in [6.45, 7) is 4.46. The molecule has 4 rings (SSSR count). The van der Waals surface area contributed by atoms with Crippen LogP contribution in [0.3, 0.4) is 0 Å². The van der Waals surface area contributed by atoms with E-state index in [1.54, 1.807) is 29.3 Å². The molecule has 2 aromatic carbocycles. The highest BCUT2D eigenvalue weighted by Gasteiger charge is 2.54. The molecule has 2 aromatic rings. The average molecular weight is 369 g/mol. The molecule has 1 fully saturated rings. The molecule has 2 aliphatic rings. The second kappa shape index (κ2) is 6.21. The van der Waals surface area contributed by atoms with Crippen LogP contribution in [0.15, 0.2) is 52.8 Å². The van der Waals surface area contributed by atoms with E-state index in [9.17, 15) is 9.59 Å². The maximum atomic E-state index is 13.0. The Labute approximate surface area is 156 Å². The summed E-state index contributed by atoms with van der Waals surface area (Å²) < 4.78 is 0. The Bertz CT molecular complexity index is 943. The lowest BCUT2D eigenvalue weighted by Gasteiger charge is -2.21. The summed E-state index contributed by atoms with van der Waals surface area (Å²) >= 11 is 6.01. The maximum Gasteiger partial charge on any atom is 0.263 e. The van der Waals surface area contributed by atoms with Crippen LogP contribution >= 0.6 is 11.6 Å². The van der Waals surface area contributed by atoms with E-state index in [-0.39, 0.29) is 11.8 Å². The number of anilines is 1. The predicted octanol–water partition coefficient (Wildman–Crippen LogP) is 3.45. The molecule has 0 saturated carbocycles. The summed E-state index contributed by atoms with van der Waals surface area (Å²) in [5, 5.41) is 10.2. The Morgan fingerprint density at radius 3 is 2.65 bits per heavy atom. The van der Waals surface area contributed by atoms with Crippen LogP contribution in [0.25, 0.3) is 0 Å². The lowest BCUT2D eigenvalue weighted by Crippen LogP contribution is -2.39. The molecule has 1 saturated heterocycles. The van der Waals surface area contributed by atoms with Crippen LogP contribution < -0.4 is 4.90 Å². The van der Waals surface area contributed by atoms with Crippen molar-refractivity contribution >= 4 is 29.1 Å². The van der Waals surface area contributed by atoms with Crippen LogP contribution in [0, 0.1) is 13.8 Å². The molecular formula is C19H17ClN4O2. The van der Waals surface area contributed by atoms with Crippen molar-refractivity contribution in [1.29, 1.82) is 0 Å². The van der Waals surface area contributed by atoms with Gasteiger partial charge in [-0.25, -0.2) is 4.90 Å². The van der Waals surface area contributed by atoms with Crippen LogP contribution in [0.2, 0.25) is 5.02 Å². The van der Waals surface area contributed by atoms with Crippen molar-refractivity contribution in [3.05, 3.63) is 64.2 Å². The van der Waals surface area contributed by atoms with Gasteiger partial charge in [-0.1, -0.05) is 46.7 Å². The molecule has 2 heterocycles. The minimum Gasteiger partial charge on any atom is -0.271 e. The Balaban J connectivity index is 1.63. The highest BCUT2D eigenvalue weighted by Crippen LogP contribution is 2.33. The van der Waals surface area contributed by atoms with Gasteiger partial charge in [-0.3, -0.25) is 14.6 Å². The highest BCUT2D eigenvalue weighted by molar-refractivity contribution is 6.31. The molecule has 2 aliphatic heterocycles. The van der Waals surface area contributed by atoms with Gasteiger partial charge in [0.25, 0.3) is 11.8 Å². The van der Waals surface area contributed by atoms with E-state index in [1.165, 1.54) is 0 Å². The van der Waals surface area contributed by atoms with Gasteiger partial charge < -0.3 is 0 Å². The highest BCUT2D eigenvalue weighted by atomic mass is 35.5. The van der Waals surface area contributed by atoms with Crippen molar-refractivity contribution < 1.29 is 9.59 Å². The van der Waals surface area contributed by atoms with Gasteiger partial charge in [0, 0.05) is 5.02 Å². The third kappa shape index (κ3) is 2.66. The van der Waals surface area contributed by atoms with E-state index in [4.69, 9.17) is 11.6 Å². The first-order valence-corrected chi connectivity index (χ1v) is 8.70. The molecule has 0 aromatic heterocycles. The molecule has 132 valence electrons. The number of aryl methyl sites for hydroxylation is 2. The van der Waals surface area contributed by atoms with Crippen LogP contribution in [0.1, 0.15) is 16.7 Å². The summed E-state index contributed by atoms with van der Waals surface area (Å²) in [5.41, 5.74) is 3.76. The Morgan fingerprint density at radius 2 is 1.88 bits per heavy atom. The molecular weight excluding hydrogens is 352 g/mol. The molecule has 7 heteroatoms. The number of hydrogen-bond acceptors (Lipinski definition) is 5. The summed E-state index contributed by atoms with van der Waals surface area (Å²) in [7, 11) is 0. The fraction of sp³-hybridized carbons (Fsp3) is 0.263. The third-order valence-electron chi connectivity index (χ3n) is 4.76. The first-order chi connectivity index (χ1) is 12.5. The largest absolute Gasteiger partial charge is 0.271 e. The second-order valence-corrected chi connectivity index (χ2v) is 7.05. The van der Waals surface area contributed by atoms with E-state index >= 15 is 0 Å². The Kier molecular flexibility index (Phi) is 4.00. The van der Waals surface area contributed by atoms with Gasteiger partial charge in [-0.05, 0) is 43.2 Å². The number of fused-ring (bicyclic) bond motifs is 1.